The molecule has 1 aliphatic heterocycles. The van der Waals surface area contributed by atoms with E-state index in [1.54, 1.807) is 11.8 Å². The van der Waals surface area contributed by atoms with Crippen LogP contribution in [0.15, 0.2) is 0 Å². The lowest BCUT2D eigenvalue weighted by atomic mass is 10.3. The molecule has 0 unspecified atom stereocenters. The van der Waals surface area contributed by atoms with Crippen molar-refractivity contribution in [2.24, 2.45) is 0 Å². The van der Waals surface area contributed by atoms with Gasteiger partial charge >= 0.3 is 6.09 Å². The van der Waals surface area contributed by atoms with Crippen LogP contribution in [0.2, 0.25) is 0 Å². The van der Waals surface area contributed by atoms with E-state index in [1.165, 1.54) is 0 Å². The summed E-state index contributed by atoms with van der Waals surface area (Å²) in [5.74, 6) is 2.27. The summed E-state index contributed by atoms with van der Waals surface area (Å²) in [6.07, 6.45) is 4.77. The molecule has 0 saturated carbocycles. The first-order valence-electron chi connectivity index (χ1n) is 6.01. The molecule has 1 heterocycles. The van der Waals surface area contributed by atoms with Gasteiger partial charge in [-0.15, -0.1) is 6.42 Å². The summed E-state index contributed by atoms with van der Waals surface area (Å²) >= 11 is 0. The number of nitrogens with one attached hydrogen (secondary N) is 1. The monoisotopic (exact) mass is 253 g/mol. The van der Waals surface area contributed by atoms with Gasteiger partial charge in [-0.3, -0.25) is 9.69 Å². The molecule has 0 atom stereocenters. The summed E-state index contributed by atoms with van der Waals surface area (Å²) in [6, 6.07) is 0. The van der Waals surface area contributed by atoms with Gasteiger partial charge in [0.1, 0.15) is 0 Å². The number of ether oxygens (including phenoxy) is 1. The Morgan fingerprint density at radius 2 is 2.00 bits per heavy atom. The van der Waals surface area contributed by atoms with Crippen molar-refractivity contribution in [3.63, 3.8) is 0 Å². The van der Waals surface area contributed by atoms with Crippen LogP contribution in [0.1, 0.15) is 6.92 Å². The van der Waals surface area contributed by atoms with Crippen LogP contribution in [-0.2, 0) is 9.53 Å². The minimum atomic E-state index is -0.283. The van der Waals surface area contributed by atoms with Gasteiger partial charge in [0.2, 0.25) is 5.91 Å². The van der Waals surface area contributed by atoms with Crippen molar-refractivity contribution in [3.05, 3.63) is 0 Å². The van der Waals surface area contributed by atoms with Crippen LogP contribution < -0.4 is 5.32 Å². The Kier molecular flexibility index (Phi) is 6.01. The number of rotatable bonds is 4. The van der Waals surface area contributed by atoms with Gasteiger partial charge in [-0.2, -0.15) is 0 Å². The molecule has 18 heavy (non-hydrogen) atoms. The van der Waals surface area contributed by atoms with Gasteiger partial charge in [-0.05, 0) is 6.92 Å². The summed E-state index contributed by atoms with van der Waals surface area (Å²) in [5, 5.41) is 2.61. The van der Waals surface area contributed by atoms with Crippen LogP contribution in [0, 0.1) is 12.3 Å². The highest BCUT2D eigenvalue weighted by molar-refractivity contribution is 5.78. The summed E-state index contributed by atoms with van der Waals surface area (Å²) in [5.41, 5.74) is 0. The Morgan fingerprint density at radius 1 is 1.33 bits per heavy atom. The number of carbonyl (C=O) groups is 2. The van der Waals surface area contributed by atoms with Crippen LogP contribution in [0.5, 0.6) is 0 Å². The van der Waals surface area contributed by atoms with E-state index in [-0.39, 0.29) is 18.5 Å². The molecule has 0 aliphatic carbocycles. The number of hydrogen-bond acceptors (Lipinski definition) is 4. The number of carbonyl (C=O) groups excluding carboxylic acids is 2. The number of hydrogen-bond donors (Lipinski definition) is 1. The fraction of sp³-hybridized carbons (Fsp3) is 0.667. The van der Waals surface area contributed by atoms with Crippen LogP contribution in [0.3, 0.4) is 0 Å². The molecule has 1 fully saturated rings. The zero-order valence-electron chi connectivity index (χ0n) is 10.6. The van der Waals surface area contributed by atoms with Gasteiger partial charge in [0, 0.05) is 26.2 Å². The maximum Gasteiger partial charge on any atom is 0.409 e. The molecule has 2 amide bonds. The lowest BCUT2D eigenvalue weighted by Gasteiger charge is -2.33. The summed E-state index contributed by atoms with van der Waals surface area (Å²) in [7, 11) is 0. The first-order valence-corrected chi connectivity index (χ1v) is 6.01. The van der Waals surface area contributed by atoms with E-state index in [2.05, 4.69) is 11.2 Å². The van der Waals surface area contributed by atoms with E-state index in [1.807, 2.05) is 4.90 Å². The molecule has 1 rings (SSSR count). The van der Waals surface area contributed by atoms with Gasteiger partial charge in [-0.1, -0.05) is 5.92 Å². The Balaban J connectivity index is 2.25. The van der Waals surface area contributed by atoms with E-state index in [0.717, 1.165) is 0 Å². The quantitative estimate of drug-likeness (QED) is 0.687. The first kappa shape index (κ1) is 14.3. The molecule has 0 bridgehead atoms. The van der Waals surface area contributed by atoms with Crippen molar-refractivity contribution in [3.8, 4) is 12.3 Å². The third-order valence-electron chi connectivity index (χ3n) is 2.65. The van der Waals surface area contributed by atoms with E-state index >= 15 is 0 Å². The van der Waals surface area contributed by atoms with Gasteiger partial charge in [-0.25, -0.2) is 4.79 Å². The minimum Gasteiger partial charge on any atom is -0.450 e. The SMILES string of the molecule is C#CCNC(=O)CN1CCN(C(=O)OCC)CC1. The number of amides is 2. The summed E-state index contributed by atoms with van der Waals surface area (Å²) in [6.45, 7) is 5.24. The maximum atomic E-state index is 11.5. The maximum absolute atomic E-state index is 11.5. The topological polar surface area (TPSA) is 61.9 Å². The molecule has 6 heteroatoms. The molecule has 0 aromatic heterocycles. The van der Waals surface area contributed by atoms with Crippen LogP contribution in [0.4, 0.5) is 4.79 Å². The van der Waals surface area contributed by atoms with Crippen molar-refractivity contribution >= 4 is 12.0 Å². The molecule has 0 spiro atoms. The normalized spacial score (nSPS) is 15.9. The van der Waals surface area contributed by atoms with Crippen LogP contribution in [0.25, 0.3) is 0 Å². The Morgan fingerprint density at radius 3 is 2.56 bits per heavy atom. The Bertz CT molecular complexity index is 330. The predicted molar refractivity (Wildman–Crippen MR) is 66.9 cm³/mol. The first-order chi connectivity index (χ1) is 8.67. The molecule has 0 aromatic carbocycles. The zero-order chi connectivity index (χ0) is 13.4. The van der Waals surface area contributed by atoms with E-state index < -0.39 is 0 Å². The predicted octanol–water partition coefficient (Wildman–Crippen LogP) is -0.490. The zero-order valence-corrected chi connectivity index (χ0v) is 10.6. The van der Waals surface area contributed by atoms with Crippen molar-refractivity contribution in [1.82, 2.24) is 15.1 Å². The van der Waals surface area contributed by atoms with Crippen LogP contribution in [-0.4, -0.2) is 67.7 Å². The molecule has 1 N–H and O–H groups in total. The fourth-order valence-electron chi connectivity index (χ4n) is 1.71. The minimum absolute atomic E-state index is 0.0856. The number of terminal acetylenes is 1. The highest BCUT2D eigenvalue weighted by atomic mass is 16.6. The third-order valence-corrected chi connectivity index (χ3v) is 2.65. The number of nitrogens with zero attached hydrogens (tertiary/aromatic N) is 2. The van der Waals surface area contributed by atoms with E-state index in [0.29, 0.717) is 39.3 Å². The molecular weight excluding hydrogens is 234 g/mol. The largest absolute Gasteiger partial charge is 0.450 e. The lowest BCUT2D eigenvalue weighted by Crippen LogP contribution is -2.51. The Labute approximate surface area is 107 Å². The van der Waals surface area contributed by atoms with Crippen molar-refractivity contribution in [2.45, 2.75) is 6.92 Å². The summed E-state index contributed by atoms with van der Waals surface area (Å²) < 4.78 is 4.92. The smallest absolute Gasteiger partial charge is 0.409 e. The van der Waals surface area contributed by atoms with Gasteiger partial charge in [0.05, 0.1) is 19.7 Å². The van der Waals surface area contributed by atoms with E-state index in [9.17, 15) is 9.59 Å². The highest BCUT2D eigenvalue weighted by Gasteiger charge is 2.22. The van der Waals surface area contributed by atoms with Gasteiger partial charge in [0.25, 0.3) is 0 Å². The van der Waals surface area contributed by atoms with Crippen LogP contribution >= 0.6 is 0 Å². The average molecular weight is 253 g/mol. The van der Waals surface area contributed by atoms with E-state index in [4.69, 9.17) is 11.2 Å². The molecule has 100 valence electrons. The highest BCUT2D eigenvalue weighted by Crippen LogP contribution is 2.03. The number of piperazine rings is 1. The molecule has 1 aliphatic rings. The molecule has 0 aromatic rings. The average Bonchev–Trinajstić information content (AvgIpc) is 2.37. The Hall–Kier alpha value is -1.74. The lowest BCUT2D eigenvalue weighted by molar-refractivity contribution is -0.122. The second-order valence-corrected chi connectivity index (χ2v) is 3.94. The standard InChI is InChI=1S/C12H19N3O3/c1-3-5-13-11(16)10-14-6-8-15(9-7-14)12(17)18-4-2/h1H,4-10H2,2H3,(H,13,16). The fourth-order valence-corrected chi connectivity index (χ4v) is 1.71. The molecule has 1 saturated heterocycles. The molecular formula is C12H19N3O3. The second-order valence-electron chi connectivity index (χ2n) is 3.94. The van der Waals surface area contributed by atoms with Crippen molar-refractivity contribution < 1.29 is 14.3 Å². The molecule has 6 nitrogen and oxygen atoms in total. The van der Waals surface area contributed by atoms with Gasteiger partial charge in [0.15, 0.2) is 0 Å². The second kappa shape index (κ2) is 7.56. The van der Waals surface area contributed by atoms with Gasteiger partial charge < -0.3 is 15.0 Å². The third kappa shape index (κ3) is 4.63. The van der Waals surface area contributed by atoms with Crippen molar-refractivity contribution in [2.75, 3.05) is 45.9 Å². The summed E-state index contributed by atoms with van der Waals surface area (Å²) in [4.78, 5) is 26.5. The van der Waals surface area contributed by atoms with Crippen molar-refractivity contribution in [1.29, 1.82) is 0 Å². The molecule has 0 radical (unpaired) electrons.